The molecule has 0 atom stereocenters. The van der Waals surface area contributed by atoms with Gasteiger partial charge in [0.25, 0.3) is 5.56 Å². The number of esters is 1. The Labute approximate surface area is 196 Å². The van der Waals surface area contributed by atoms with Gasteiger partial charge in [0.05, 0.1) is 26.5 Å². The highest BCUT2D eigenvalue weighted by molar-refractivity contribution is 5.84. The second kappa shape index (κ2) is 10.8. The molecule has 1 amide bonds. The molecule has 3 rings (SSSR count). The van der Waals surface area contributed by atoms with Crippen LogP contribution in [0.15, 0.2) is 23.0 Å². The molecule has 0 radical (unpaired) electrons. The maximum Gasteiger partial charge on any atom is 0.325 e. The lowest BCUT2D eigenvalue weighted by atomic mass is 10.1. The third-order valence-electron chi connectivity index (χ3n) is 5.18. The highest BCUT2D eigenvalue weighted by Gasteiger charge is 2.22. The van der Waals surface area contributed by atoms with Crippen molar-refractivity contribution in [1.29, 1.82) is 0 Å². The molecule has 34 heavy (non-hydrogen) atoms. The van der Waals surface area contributed by atoms with Gasteiger partial charge < -0.3 is 19.5 Å². The first-order valence-electron chi connectivity index (χ1n) is 11.0. The quantitative estimate of drug-likeness (QED) is 0.440. The Hall–Kier alpha value is -3.89. The van der Waals surface area contributed by atoms with E-state index >= 15 is 0 Å². The van der Waals surface area contributed by atoms with Gasteiger partial charge in [0.2, 0.25) is 5.91 Å². The van der Waals surface area contributed by atoms with Crippen LogP contribution >= 0.6 is 0 Å². The van der Waals surface area contributed by atoms with Crippen LogP contribution in [-0.2, 0) is 34.3 Å². The number of hydrogen-bond donors (Lipinski definition) is 1. The zero-order chi connectivity index (χ0) is 24.8. The van der Waals surface area contributed by atoms with Crippen LogP contribution in [0.5, 0.6) is 11.5 Å². The number of methoxy groups -OCH3 is 2. The van der Waals surface area contributed by atoms with Crippen molar-refractivity contribution in [2.75, 3.05) is 27.4 Å². The molecule has 182 valence electrons. The van der Waals surface area contributed by atoms with Gasteiger partial charge in [-0.3, -0.25) is 23.6 Å². The normalized spacial score (nSPS) is 10.9. The van der Waals surface area contributed by atoms with Crippen molar-refractivity contribution in [3.05, 3.63) is 34.2 Å². The van der Waals surface area contributed by atoms with E-state index in [0.717, 1.165) is 6.42 Å². The Balaban J connectivity index is 2.14. The number of benzene rings is 1. The molecule has 0 spiro atoms. The van der Waals surface area contributed by atoms with Crippen LogP contribution < -0.4 is 20.3 Å². The molecule has 0 unspecified atom stereocenters. The number of rotatable bonds is 10. The van der Waals surface area contributed by atoms with Crippen molar-refractivity contribution in [3.63, 3.8) is 0 Å². The molecule has 3 aromatic rings. The van der Waals surface area contributed by atoms with Gasteiger partial charge in [0.1, 0.15) is 24.4 Å². The van der Waals surface area contributed by atoms with Gasteiger partial charge in [-0.25, -0.2) is 4.98 Å². The summed E-state index contributed by atoms with van der Waals surface area (Å²) in [5.74, 6) is 0.144. The maximum absolute atomic E-state index is 13.5. The second-order valence-corrected chi connectivity index (χ2v) is 7.50. The minimum atomic E-state index is -0.562. The van der Waals surface area contributed by atoms with E-state index in [4.69, 9.17) is 19.2 Å². The van der Waals surface area contributed by atoms with E-state index in [0.29, 0.717) is 40.2 Å². The Kier molecular flexibility index (Phi) is 7.87. The molecule has 0 aliphatic carbocycles. The molecule has 11 nitrogen and oxygen atoms in total. The number of nitrogens with zero attached hydrogens (tertiary/aromatic N) is 4. The van der Waals surface area contributed by atoms with Crippen molar-refractivity contribution < 1.29 is 23.8 Å². The van der Waals surface area contributed by atoms with E-state index in [-0.39, 0.29) is 25.5 Å². The summed E-state index contributed by atoms with van der Waals surface area (Å²) in [6.07, 6.45) is 1.48. The first-order valence-corrected chi connectivity index (χ1v) is 11.0. The standard InChI is InChI=1S/C23H29N5O6/c1-6-8-15-20-21(27(3)26-15)23(31)28(13-18(29)24-12-19(30)34-7-2)22(25-20)14-9-10-16(32-4)17(11-14)33-5/h9-11H,6-8,12-13H2,1-5H3,(H,24,29). The number of ether oxygens (including phenoxy) is 3. The molecule has 0 bridgehead atoms. The third kappa shape index (κ3) is 5.03. The topological polar surface area (TPSA) is 127 Å². The molecule has 1 aromatic carbocycles. The highest BCUT2D eigenvalue weighted by atomic mass is 16.5. The molecule has 2 aromatic heterocycles. The van der Waals surface area contributed by atoms with E-state index in [2.05, 4.69) is 10.4 Å². The number of aryl methyl sites for hydroxylation is 2. The number of nitrogens with one attached hydrogen (secondary N) is 1. The molecule has 0 saturated carbocycles. The first-order chi connectivity index (χ1) is 16.3. The second-order valence-electron chi connectivity index (χ2n) is 7.50. The predicted octanol–water partition coefficient (Wildman–Crippen LogP) is 1.45. The van der Waals surface area contributed by atoms with E-state index in [1.807, 2.05) is 6.92 Å². The van der Waals surface area contributed by atoms with Crippen molar-refractivity contribution in [2.45, 2.75) is 33.2 Å². The van der Waals surface area contributed by atoms with Crippen LogP contribution in [0.4, 0.5) is 0 Å². The minimum Gasteiger partial charge on any atom is -0.493 e. The monoisotopic (exact) mass is 471 g/mol. The van der Waals surface area contributed by atoms with Crippen LogP contribution in [-0.4, -0.2) is 58.6 Å². The number of fused-ring (bicyclic) bond motifs is 1. The lowest BCUT2D eigenvalue weighted by molar-refractivity contribution is -0.143. The van der Waals surface area contributed by atoms with Crippen LogP contribution in [0.3, 0.4) is 0 Å². The minimum absolute atomic E-state index is 0.207. The average Bonchev–Trinajstić information content (AvgIpc) is 3.14. The van der Waals surface area contributed by atoms with Crippen molar-refractivity contribution in [1.82, 2.24) is 24.6 Å². The summed E-state index contributed by atoms with van der Waals surface area (Å²) >= 11 is 0. The van der Waals surface area contributed by atoms with Crippen LogP contribution in [0.25, 0.3) is 22.4 Å². The smallest absolute Gasteiger partial charge is 0.325 e. The Bertz CT molecular complexity index is 1260. The van der Waals surface area contributed by atoms with Gasteiger partial charge in [0.15, 0.2) is 17.0 Å². The fourth-order valence-corrected chi connectivity index (χ4v) is 3.65. The van der Waals surface area contributed by atoms with Crippen LogP contribution in [0.1, 0.15) is 26.0 Å². The molecule has 0 aliphatic rings. The van der Waals surface area contributed by atoms with Crippen molar-refractivity contribution in [3.8, 4) is 22.9 Å². The average molecular weight is 472 g/mol. The zero-order valence-electron chi connectivity index (χ0n) is 20.0. The summed E-state index contributed by atoms with van der Waals surface area (Å²) in [6.45, 7) is 3.26. The van der Waals surface area contributed by atoms with Gasteiger partial charge in [-0.15, -0.1) is 0 Å². The summed E-state index contributed by atoms with van der Waals surface area (Å²) in [5.41, 5.74) is 1.63. The first kappa shape index (κ1) is 24.7. The molecule has 0 aliphatic heterocycles. The highest BCUT2D eigenvalue weighted by Crippen LogP contribution is 2.32. The molecule has 0 fully saturated rings. The van der Waals surface area contributed by atoms with Crippen LogP contribution in [0.2, 0.25) is 0 Å². The molecular formula is C23H29N5O6. The molecular weight excluding hydrogens is 442 g/mol. The van der Waals surface area contributed by atoms with Gasteiger partial charge >= 0.3 is 5.97 Å². The van der Waals surface area contributed by atoms with Gasteiger partial charge in [-0.2, -0.15) is 5.10 Å². The zero-order valence-corrected chi connectivity index (χ0v) is 20.0. The summed E-state index contributed by atoms with van der Waals surface area (Å²) in [5, 5.41) is 6.95. The molecule has 2 heterocycles. The molecule has 0 saturated heterocycles. The third-order valence-corrected chi connectivity index (χ3v) is 5.18. The summed E-state index contributed by atoms with van der Waals surface area (Å²) in [4.78, 5) is 42.6. The number of carbonyl (C=O) groups is 2. The van der Waals surface area contributed by atoms with Gasteiger partial charge in [-0.05, 0) is 31.5 Å². The number of hydrogen-bond acceptors (Lipinski definition) is 8. The molecule has 1 N–H and O–H groups in total. The van der Waals surface area contributed by atoms with E-state index in [1.54, 1.807) is 32.2 Å². The summed E-state index contributed by atoms with van der Waals surface area (Å²) in [7, 11) is 4.71. The Morgan fingerprint density at radius 3 is 2.50 bits per heavy atom. The van der Waals surface area contributed by atoms with Crippen molar-refractivity contribution in [2.24, 2.45) is 7.05 Å². The fraction of sp³-hybridized carbons (Fsp3) is 0.435. The number of carbonyl (C=O) groups excluding carboxylic acids is 2. The lowest BCUT2D eigenvalue weighted by Gasteiger charge is -2.15. The number of amides is 1. The summed E-state index contributed by atoms with van der Waals surface area (Å²) < 4.78 is 18.3. The summed E-state index contributed by atoms with van der Waals surface area (Å²) in [6, 6.07) is 5.12. The lowest BCUT2D eigenvalue weighted by Crippen LogP contribution is -2.37. The van der Waals surface area contributed by atoms with Gasteiger partial charge in [0, 0.05) is 12.6 Å². The van der Waals surface area contributed by atoms with E-state index in [9.17, 15) is 14.4 Å². The largest absolute Gasteiger partial charge is 0.493 e. The van der Waals surface area contributed by atoms with Gasteiger partial charge in [-0.1, -0.05) is 13.3 Å². The Morgan fingerprint density at radius 2 is 1.85 bits per heavy atom. The van der Waals surface area contributed by atoms with Crippen molar-refractivity contribution >= 4 is 22.9 Å². The number of aromatic nitrogens is 4. The predicted molar refractivity (Wildman–Crippen MR) is 125 cm³/mol. The Morgan fingerprint density at radius 1 is 1.12 bits per heavy atom. The van der Waals surface area contributed by atoms with E-state index in [1.165, 1.54) is 23.5 Å². The molecule has 11 heteroatoms. The SMILES string of the molecule is CCCc1nn(C)c2c(=O)n(CC(=O)NCC(=O)OCC)c(-c3ccc(OC)c(OC)c3)nc12. The van der Waals surface area contributed by atoms with Crippen LogP contribution in [0, 0.1) is 0 Å². The maximum atomic E-state index is 13.5. The van der Waals surface area contributed by atoms with E-state index < -0.39 is 17.4 Å². The fourth-order valence-electron chi connectivity index (χ4n) is 3.65.